The molecular formula is C6H13FO3. The lowest BCUT2D eigenvalue weighted by molar-refractivity contribution is -0.142. The number of carbonyl (C=O) groups excluding carboxylic acids is 1. The van der Waals surface area contributed by atoms with Crippen molar-refractivity contribution in [3.05, 3.63) is 0 Å². The monoisotopic (exact) mass is 152 g/mol. The van der Waals surface area contributed by atoms with E-state index in [2.05, 4.69) is 4.74 Å². The van der Waals surface area contributed by atoms with Crippen LogP contribution < -0.4 is 0 Å². The molecule has 0 amide bonds. The molecule has 0 aromatic carbocycles. The number of ether oxygens (including phenoxy) is 2. The van der Waals surface area contributed by atoms with Crippen LogP contribution in [0.15, 0.2) is 0 Å². The van der Waals surface area contributed by atoms with Crippen LogP contribution in [0.1, 0.15) is 13.8 Å². The molecule has 4 heteroatoms. The third kappa shape index (κ3) is 10.4. The van der Waals surface area contributed by atoms with E-state index in [0.29, 0.717) is 19.8 Å². The van der Waals surface area contributed by atoms with Gasteiger partial charge in [0.2, 0.25) is 0 Å². The summed E-state index contributed by atoms with van der Waals surface area (Å²) >= 11 is 0. The van der Waals surface area contributed by atoms with E-state index in [9.17, 15) is 4.79 Å². The van der Waals surface area contributed by atoms with Gasteiger partial charge in [-0.1, -0.05) is 0 Å². The van der Waals surface area contributed by atoms with Crippen molar-refractivity contribution in [2.75, 3.05) is 19.8 Å². The lowest BCUT2D eigenvalue weighted by Gasteiger charge is -1.99. The van der Waals surface area contributed by atoms with Gasteiger partial charge in [0.1, 0.15) is 6.61 Å². The van der Waals surface area contributed by atoms with Crippen molar-refractivity contribution in [3.63, 3.8) is 0 Å². The van der Waals surface area contributed by atoms with Crippen LogP contribution in [0.2, 0.25) is 0 Å². The Labute approximate surface area is 59.7 Å². The summed E-state index contributed by atoms with van der Waals surface area (Å²) in [6, 6.07) is 0. The smallest absolute Gasteiger partial charge is 0.302 e. The number of halogens is 1. The summed E-state index contributed by atoms with van der Waals surface area (Å²) in [4.78, 5) is 10.1. The second-order valence-corrected chi connectivity index (χ2v) is 1.54. The molecule has 0 aliphatic rings. The third-order valence-corrected chi connectivity index (χ3v) is 0.737. The maximum atomic E-state index is 10.1. The van der Waals surface area contributed by atoms with E-state index in [0.717, 1.165) is 0 Å². The van der Waals surface area contributed by atoms with Crippen molar-refractivity contribution in [1.29, 1.82) is 0 Å². The van der Waals surface area contributed by atoms with Gasteiger partial charge in [0.15, 0.2) is 0 Å². The Morgan fingerprint density at radius 3 is 2.40 bits per heavy atom. The van der Waals surface area contributed by atoms with Crippen LogP contribution in [0.3, 0.4) is 0 Å². The van der Waals surface area contributed by atoms with Crippen LogP contribution in [0.25, 0.3) is 0 Å². The van der Waals surface area contributed by atoms with E-state index < -0.39 is 0 Å². The summed E-state index contributed by atoms with van der Waals surface area (Å²) < 4.78 is 9.49. The zero-order valence-electron chi connectivity index (χ0n) is 6.25. The molecule has 0 aromatic rings. The molecule has 0 saturated carbocycles. The first-order valence-corrected chi connectivity index (χ1v) is 2.98. The molecule has 0 aromatic heterocycles. The molecule has 0 fully saturated rings. The zero-order chi connectivity index (χ0) is 7.11. The first-order chi connectivity index (χ1) is 4.27. The summed E-state index contributed by atoms with van der Waals surface area (Å²) in [5.74, 6) is -0.255. The van der Waals surface area contributed by atoms with Gasteiger partial charge in [-0.3, -0.25) is 9.50 Å². The molecule has 0 aliphatic carbocycles. The van der Waals surface area contributed by atoms with Gasteiger partial charge in [0.25, 0.3) is 0 Å². The Morgan fingerprint density at radius 2 is 2.00 bits per heavy atom. The van der Waals surface area contributed by atoms with Crippen LogP contribution in [-0.2, 0) is 14.3 Å². The molecule has 0 radical (unpaired) electrons. The molecular weight excluding hydrogens is 139 g/mol. The fourth-order valence-corrected chi connectivity index (χ4v) is 0.389. The van der Waals surface area contributed by atoms with Gasteiger partial charge < -0.3 is 9.47 Å². The Morgan fingerprint density at radius 1 is 1.40 bits per heavy atom. The van der Waals surface area contributed by atoms with Crippen LogP contribution in [0, 0.1) is 0 Å². The maximum Gasteiger partial charge on any atom is 0.302 e. The molecule has 0 rings (SSSR count). The fraction of sp³-hybridized carbons (Fsp3) is 0.833. The summed E-state index contributed by atoms with van der Waals surface area (Å²) in [7, 11) is 0. The number of rotatable bonds is 4. The SMILES string of the molecule is CCOCCOC(C)=O.F. The Balaban J connectivity index is 0. The van der Waals surface area contributed by atoms with Gasteiger partial charge in [-0.2, -0.15) is 0 Å². The molecule has 0 heterocycles. The summed E-state index contributed by atoms with van der Waals surface area (Å²) in [5, 5.41) is 0. The van der Waals surface area contributed by atoms with Crippen molar-refractivity contribution >= 4 is 5.97 Å². The molecule has 0 atom stereocenters. The van der Waals surface area contributed by atoms with Crippen molar-refractivity contribution in [1.82, 2.24) is 0 Å². The summed E-state index contributed by atoms with van der Waals surface area (Å²) in [6.45, 7) is 4.81. The molecule has 62 valence electrons. The average Bonchev–Trinajstić information content (AvgIpc) is 1.80. The highest BCUT2D eigenvalue weighted by molar-refractivity contribution is 5.65. The van der Waals surface area contributed by atoms with E-state index in [1.165, 1.54) is 6.92 Å². The molecule has 0 saturated heterocycles. The predicted molar refractivity (Wildman–Crippen MR) is 35.6 cm³/mol. The van der Waals surface area contributed by atoms with E-state index in [4.69, 9.17) is 4.74 Å². The maximum absolute atomic E-state index is 10.1. The minimum absolute atomic E-state index is 0. The molecule has 10 heavy (non-hydrogen) atoms. The molecule has 0 unspecified atom stereocenters. The topological polar surface area (TPSA) is 35.5 Å². The molecule has 0 N–H and O–H groups in total. The minimum atomic E-state index is -0.255. The van der Waals surface area contributed by atoms with Crippen LogP contribution in [0.4, 0.5) is 4.70 Å². The minimum Gasteiger partial charge on any atom is -0.463 e. The van der Waals surface area contributed by atoms with Gasteiger partial charge in [-0.05, 0) is 6.92 Å². The third-order valence-electron chi connectivity index (χ3n) is 0.737. The summed E-state index contributed by atoms with van der Waals surface area (Å²) in [5.41, 5.74) is 0. The highest BCUT2D eigenvalue weighted by Crippen LogP contribution is 1.77. The normalized spacial score (nSPS) is 8.20. The van der Waals surface area contributed by atoms with E-state index in [1.54, 1.807) is 0 Å². The molecule has 3 nitrogen and oxygen atoms in total. The highest BCUT2D eigenvalue weighted by atomic mass is 19.0. The van der Waals surface area contributed by atoms with Crippen molar-refractivity contribution in [2.45, 2.75) is 13.8 Å². The molecule has 0 aliphatic heterocycles. The van der Waals surface area contributed by atoms with Gasteiger partial charge >= 0.3 is 5.97 Å². The molecule has 0 bridgehead atoms. The Bertz CT molecular complexity index is 85.1. The first-order valence-electron chi connectivity index (χ1n) is 2.98. The quantitative estimate of drug-likeness (QED) is 0.440. The van der Waals surface area contributed by atoms with Gasteiger partial charge in [-0.25, -0.2) is 0 Å². The lowest BCUT2D eigenvalue weighted by Crippen LogP contribution is -2.06. The van der Waals surface area contributed by atoms with Crippen LogP contribution >= 0.6 is 0 Å². The van der Waals surface area contributed by atoms with Crippen LogP contribution in [0.5, 0.6) is 0 Å². The van der Waals surface area contributed by atoms with Crippen molar-refractivity contribution in [2.24, 2.45) is 0 Å². The number of esters is 1. The number of carbonyl (C=O) groups is 1. The Kier molecular flexibility index (Phi) is 10.1. The lowest BCUT2D eigenvalue weighted by atomic mass is 10.7. The van der Waals surface area contributed by atoms with Crippen LogP contribution in [-0.4, -0.2) is 25.8 Å². The van der Waals surface area contributed by atoms with E-state index >= 15 is 0 Å². The molecule has 0 spiro atoms. The largest absolute Gasteiger partial charge is 0.463 e. The highest BCUT2D eigenvalue weighted by Gasteiger charge is 1.89. The summed E-state index contributed by atoms with van der Waals surface area (Å²) in [6.07, 6.45) is 0. The van der Waals surface area contributed by atoms with E-state index in [-0.39, 0.29) is 10.7 Å². The van der Waals surface area contributed by atoms with Gasteiger partial charge in [0, 0.05) is 13.5 Å². The van der Waals surface area contributed by atoms with Crippen molar-refractivity contribution < 1.29 is 19.0 Å². The van der Waals surface area contributed by atoms with Gasteiger partial charge in [-0.15, -0.1) is 0 Å². The Hall–Kier alpha value is -0.640. The zero-order valence-corrected chi connectivity index (χ0v) is 6.25. The van der Waals surface area contributed by atoms with Crippen molar-refractivity contribution in [3.8, 4) is 0 Å². The second-order valence-electron chi connectivity index (χ2n) is 1.54. The average molecular weight is 152 g/mol. The number of hydrogen-bond donors (Lipinski definition) is 0. The van der Waals surface area contributed by atoms with E-state index in [1.807, 2.05) is 6.92 Å². The fourth-order valence-electron chi connectivity index (χ4n) is 0.389. The predicted octanol–water partition coefficient (Wildman–Crippen LogP) is 0.739. The number of hydrogen-bond acceptors (Lipinski definition) is 3. The van der Waals surface area contributed by atoms with Gasteiger partial charge in [0.05, 0.1) is 6.61 Å². The standard InChI is InChI=1S/C6H12O3.FH/c1-3-8-4-5-9-6(2)7;/h3-5H2,1-2H3;1H. The second kappa shape index (κ2) is 8.36. The first kappa shape index (κ1) is 12.1.